The molecular formula is C14H18N4O5S. The van der Waals surface area contributed by atoms with Crippen LogP contribution in [0.25, 0.3) is 0 Å². The maximum atomic E-state index is 12.3. The first kappa shape index (κ1) is 17.8. The van der Waals surface area contributed by atoms with Crippen molar-refractivity contribution >= 4 is 15.9 Å². The van der Waals surface area contributed by atoms with Gasteiger partial charge in [0.1, 0.15) is 16.4 Å². The lowest BCUT2D eigenvalue weighted by molar-refractivity contribution is 0.0944. The highest BCUT2D eigenvalue weighted by atomic mass is 32.2. The Morgan fingerprint density at radius 1 is 1.12 bits per heavy atom. The number of benzene rings is 1. The monoisotopic (exact) mass is 354 g/mol. The van der Waals surface area contributed by atoms with Crippen LogP contribution in [0, 0.1) is 13.8 Å². The van der Waals surface area contributed by atoms with Gasteiger partial charge in [-0.1, -0.05) is 0 Å². The van der Waals surface area contributed by atoms with Gasteiger partial charge in [-0.05, 0) is 26.0 Å². The van der Waals surface area contributed by atoms with Crippen LogP contribution in [-0.4, -0.2) is 38.7 Å². The van der Waals surface area contributed by atoms with Crippen molar-refractivity contribution in [3.8, 4) is 11.5 Å². The summed E-state index contributed by atoms with van der Waals surface area (Å²) in [4.78, 5) is 14.2. The van der Waals surface area contributed by atoms with E-state index in [1.165, 1.54) is 26.4 Å². The predicted octanol–water partition coefficient (Wildman–Crippen LogP) is 0.667. The Morgan fingerprint density at radius 2 is 1.71 bits per heavy atom. The van der Waals surface area contributed by atoms with Crippen molar-refractivity contribution in [1.29, 1.82) is 0 Å². The molecule has 0 atom stereocenters. The molecule has 0 bridgehead atoms. The van der Waals surface area contributed by atoms with E-state index in [1.807, 2.05) is 4.83 Å². The van der Waals surface area contributed by atoms with E-state index in [4.69, 9.17) is 9.47 Å². The number of methoxy groups -OCH3 is 2. The number of nitrogens with one attached hydrogen (secondary N) is 3. The van der Waals surface area contributed by atoms with Crippen LogP contribution in [-0.2, 0) is 10.0 Å². The third-order valence-electron chi connectivity index (χ3n) is 3.24. The number of carbonyl (C=O) groups is 1. The highest BCUT2D eigenvalue weighted by Crippen LogP contribution is 2.22. The van der Waals surface area contributed by atoms with Crippen molar-refractivity contribution < 1.29 is 22.7 Å². The van der Waals surface area contributed by atoms with Gasteiger partial charge in [-0.3, -0.25) is 15.3 Å². The number of nitrogens with zero attached hydrogens (tertiary/aromatic N) is 1. The summed E-state index contributed by atoms with van der Waals surface area (Å²) in [7, 11) is -1.05. The van der Waals surface area contributed by atoms with E-state index in [0.717, 1.165) is 0 Å². The van der Waals surface area contributed by atoms with Gasteiger partial charge in [0.05, 0.1) is 25.6 Å². The molecule has 24 heavy (non-hydrogen) atoms. The summed E-state index contributed by atoms with van der Waals surface area (Å²) >= 11 is 0. The van der Waals surface area contributed by atoms with Gasteiger partial charge in [0, 0.05) is 11.6 Å². The van der Waals surface area contributed by atoms with Crippen molar-refractivity contribution in [2.75, 3.05) is 14.2 Å². The minimum absolute atomic E-state index is 0.00831. The Bertz CT molecular complexity index is 818. The van der Waals surface area contributed by atoms with E-state index >= 15 is 0 Å². The normalized spacial score (nSPS) is 11.2. The smallest absolute Gasteiger partial charge is 0.266 e. The Labute approximate surface area is 139 Å². The summed E-state index contributed by atoms with van der Waals surface area (Å²) in [6.45, 7) is 3.12. The number of hydrogen-bond acceptors (Lipinski definition) is 6. The Kier molecular flexibility index (Phi) is 5.10. The van der Waals surface area contributed by atoms with Gasteiger partial charge in [-0.25, -0.2) is 8.42 Å². The molecule has 0 aliphatic heterocycles. The molecule has 0 radical (unpaired) electrons. The fourth-order valence-corrected chi connectivity index (χ4v) is 3.32. The first-order chi connectivity index (χ1) is 11.3. The molecule has 0 aliphatic rings. The first-order valence-corrected chi connectivity index (χ1v) is 8.33. The van der Waals surface area contributed by atoms with E-state index in [2.05, 4.69) is 15.6 Å². The molecule has 9 nitrogen and oxygen atoms in total. The number of aromatic amines is 1. The molecule has 1 aromatic heterocycles. The molecule has 1 amide bonds. The molecule has 0 saturated carbocycles. The molecule has 1 heterocycles. The number of rotatable bonds is 6. The van der Waals surface area contributed by atoms with Gasteiger partial charge >= 0.3 is 0 Å². The van der Waals surface area contributed by atoms with Crippen LogP contribution in [0.1, 0.15) is 21.7 Å². The zero-order valence-electron chi connectivity index (χ0n) is 13.6. The third kappa shape index (κ3) is 3.66. The molecule has 0 saturated heterocycles. The van der Waals surface area contributed by atoms with Gasteiger partial charge in [-0.2, -0.15) is 5.10 Å². The van der Waals surface area contributed by atoms with Gasteiger partial charge in [0.15, 0.2) is 0 Å². The largest absolute Gasteiger partial charge is 0.497 e. The van der Waals surface area contributed by atoms with Crippen LogP contribution < -0.4 is 19.7 Å². The molecule has 3 N–H and O–H groups in total. The van der Waals surface area contributed by atoms with Crippen LogP contribution in [0.3, 0.4) is 0 Å². The van der Waals surface area contributed by atoms with Crippen molar-refractivity contribution in [1.82, 2.24) is 20.5 Å². The first-order valence-electron chi connectivity index (χ1n) is 6.85. The molecule has 130 valence electrons. The van der Waals surface area contributed by atoms with Crippen LogP contribution >= 0.6 is 0 Å². The maximum Gasteiger partial charge on any atom is 0.266 e. The van der Waals surface area contributed by atoms with E-state index < -0.39 is 15.9 Å². The van der Waals surface area contributed by atoms with Gasteiger partial charge in [0.2, 0.25) is 0 Å². The molecule has 1 aromatic carbocycles. The number of amides is 1. The number of aryl methyl sites for hydroxylation is 2. The zero-order chi connectivity index (χ0) is 17.9. The predicted molar refractivity (Wildman–Crippen MR) is 85.4 cm³/mol. The summed E-state index contributed by atoms with van der Waals surface area (Å²) in [6.07, 6.45) is 0. The fraction of sp³-hybridized carbons (Fsp3) is 0.286. The summed E-state index contributed by atoms with van der Waals surface area (Å²) < 4.78 is 34.7. The van der Waals surface area contributed by atoms with Gasteiger partial charge < -0.3 is 9.47 Å². The van der Waals surface area contributed by atoms with E-state index in [0.29, 0.717) is 22.9 Å². The lowest BCUT2D eigenvalue weighted by Gasteiger charge is -2.10. The molecule has 0 fully saturated rings. The van der Waals surface area contributed by atoms with Crippen LogP contribution in [0.15, 0.2) is 23.1 Å². The van der Waals surface area contributed by atoms with Crippen molar-refractivity contribution in [3.63, 3.8) is 0 Å². The lowest BCUT2D eigenvalue weighted by atomic mass is 10.2. The highest BCUT2D eigenvalue weighted by molar-refractivity contribution is 7.89. The standard InChI is InChI=1S/C14H18N4O5S/c1-8-13(9(2)16-15-8)24(20,21)18-17-14(19)10-5-11(22-3)7-12(6-10)23-4/h5-7,18H,1-4H3,(H,15,16)(H,17,19). The Morgan fingerprint density at radius 3 is 2.17 bits per heavy atom. The fourth-order valence-electron chi connectivity index (χ4n) is 2.11. The average Bonchev–Trinajstić information content (AvgIpc) is 2.91. The van der Waals surface area contributed by atoms with Gasteiger partial charge in [0.25, 0.3) is 15.9 Å². The summed E-state index contributed by atoms with van der Waals surface area (Å²) in [5.41, 5.74) is 3.01. The Balaban J connectivity index is 2.19. The van der Waals surface area contributed by atoms with Crippen molar-refractivity contribution in [2.24, 2.45) is 0 Å². The number of carbonyl (C=O) groups excluding carboxylic acids is 1. The number of hydrazine groups is 1. The van der Waals surface area contributed by atoms with Gasteiger partial charge in [-0.15, -0.1) is 4.83 Å². The Hall–Kier alpha value is -2.59. The van der Waals surface area contributed by atoms with E-state index in [9.17, 15) is 13.2 Å². The van der Waals surface area contributed by atoms with Crippen LogP contribution in [0.2, 0.25) is 0 Å². The third-order valence-corrected chi connectivity index (χ3v) is 4.75. The molecular weight excluding hydrogens is 336 g/mol. The van der Waals surface area contributed by atoms with Crippen LogP contribution in [0.4, 0.5) is 0 Å². The number of sulfonamides is 1. The highest BCUT2D eigenvalue weighted by Gasteiger charge is 2.23. The second kappa shape index (κ2) is 6.89. The summed E-state index contributed by atoms with van der Waals surface area (Å²) in [6, 6.07) is 4.51. The quantitative estimate of drug-likeness (QED) is 0.655. The average molecular weight is 354 g/mol. The number of ether oxygens (including phenoxy) is 2. The van der Waals surface area contributed by atoms with E-state index in [1.54, 1.807) is 19.9 Å². The zero-order valence-corrected chi connectivity index (χ0v) is 14.4. The number of H-pyrrole nitrogens is 1. The molecule has 0 spiro atoms. The second-order valence-corrected chi connectivity index (χ2v) is 6.54. The van der Waals surface area contributed by atoms with Crippen LogP contribution in [0.5, 0.6) is 11.5 Å². The van der Waals surface area contributed by atoms with Crippen molar-refractivity contribution in [2.45, 2.75) is 18.7 Å². The second-order valence-electron chi connectivity index (χ2n) is 4.92. The maximum absolute atomic E-state index is 12.3. The lowest BCUT2D eigenvalue weighted by Crippen LogP contribution is -2.41. The molecule has 2 rings (SSSR count). The minimum Gasteiger partial charge on any atom is -0.497 e. The summed E-state index contributed by atoms with van der Waals surface area (Å²) in [5.74, 6) is 0.155. The minimum atomic E-state index is -3.95. The molecule has 2 aromatic rings. The SMILES string of the molecule is COc1cc(OC)cc(C(=O)NNS(=O)(=O)c2c(C)n[nH]c2C)c1. The number of hydrogen-bond donors (Lipinski definition) is 3. The molecule has 0 unspecified atom stereocenters. The number of aromatic nitrogens is 2. The molecule has 0 aliphatic carbocycles. The van der Waals surface area contributed by atoms with Crippen molar-refractivity contribution in [3.05, 3.63) is 35.2 Å². The summed E-state index contributed by atoms with van der Waals surface area (Å²) in [5, 5.41) is 6.40. The molecule has 10 heteroatoms. The topological polar surface area (TPSA) is 122 Å². The van der Waals surface area contributed by atoms with E-state index in [-0.39, 0.29) is 10.5 Å².